The standard InChI is InChI=1S/C16H21N3OS/c17-9-12-21-15-8-4-3-7-14(15)18-16(20)13-19-10-5-1-2-6-11-19/h3-4,7-8H,1-2,5-6,10-13H2,(H,18,20)/p+1. The molecule has 1 saturated heterocycles. The fourth-order valence-electron chi connectivity index (χ4n) is 2.63. The van der Waals surface area contributed by atoms with Crippen LogP contribution in [0.4, 0.5) is 5.69 Å². The summed E-state index contributed by atoms with van der Waals surface area (Å²) >= 11 is 1.46. The van der Waals surface area contributed by atoms with Gasteiger partial charge in [0.05, 0.1) is 30.6 Å². The van der Waals surface area contributed by atoms with Gasteiger partial charge in [-0.3, -0.25) is 4.79 Å². The Kier molecular flexibility index (Phi) is 6.58. The molecule has 2 N–H and O–H groups in total. The average molecular weight is 304 g/mol. The van der Waals surface area contributed by atoms with Crippen LogP contribution in [0.25, 0.3) is 0 Å². The highest BCUT2D eigenvalue weighted by molar-refractivity contribution is 7.99. The van der Waals surface area contributed by atoms with Gasteiger partial charge >= 0.3 is 0 Å². The number of carbonyl (C=O) groups excluding carboxylic acids is 1. The predicted octanol–water partition coefficient (Wildman–Crippen LogP) is 1.70. The summed E-state index contributed by atoms with van der Waals surface area (Å²) in [6.07, 6.45) is 5.02. The van der Waals surface area contributed by atoms with Crippen LogP contribution in [0.5, 0.6) is 0 Å². The van der Waals surface area contributed by atoms with Gasteiger partial charge in [-0.15, -0.1) is 11.8 Å². The van der Waals surface area contributed by atoms with Gasteiger partial charge in [0.25, 0.3) is 5.91 Å². The molecule has 5 heteroatoms. The van der Waals surface area contributed by atoms with E-state index < -0.39 is 0 Å². The van der Waals surface area contributed by atoms with Crippen molar-refractivity contribution in [3.05, 3.63) is 24.3 Å². The monoisotopic (exact) mass is 304 g/mol. The Morgan fingerprint density at radius 3 is 2.67 bits per heavy atom. The Balaban J connectivity index is 1.91. The second-order valence-electron chi connectivity index (χ2n) is 5.33. The molecule has 0 aliphatic carbocycles. The molecule has 0 bridgehead atoms. The second kappa shape index (κ2) is 8.71. The first-order valence-electron chi connectivity index (χ1n) is 7.52. The smallest absolute Gasteiger partial charge is 0.279 e. The summed E-state index contributed by atoms with van der Waals surface area (Å²) in [7, 11) is 0. The predicted molar refractivity (Wildman–Crippen MR) is 85.4 cm³/mol. The molecule has 0 spiro atoms. The molecule has 0 saturated carbocycles. The maximum Gasteiger partial charge on any atom is 0.279 e. The van der Waals surface area contributed by atoms with Gasteiger partial charge < -0.3 is 10.2 Å². The van der Waals surface area contributed by atoms with Crippen molar-refractivity contribution in [2.45, 2.75) is 30.6 Å². The summed E-state index contributed by atoms with van der Waals surface area (Å²) in [6, 6.07) is 9.79. The van der Waals surface area contributed by atoms with Gasteiger partial charge in [-0.1, -0.05) is 12.1 Å². The highest BCUT2D eigenvalue weighted by Crippen LogP contribution is 2.26. The van der Waals surface area contributed by atoms with Crippen molar-refractivity contribution >= 4 is 23.4 Å². The third-order valence-electron chi connectivity index (χ3n) is 3.67. The number of carbonyl (C=O) groups is 1. The molecule has 1 aliphatic rings. The summed E-state index contributed by atoms with van der Waals surface area (Å²) in [5, 5.41) is 11.7. The fourth-order valence-corrected chi connectivity index (χ4v) is 3.30. The Hall–Kier alpha value is -1.51. The van der Waals surface area contributed by atoms with E-state index in [4.69, 9.17) is 5.26 Å². The van der Waals surface area contributed by atoms with Gasteiger partial charge in [0.1, 0.15) is 0 Å². The number of rotatable bonds is 5. The normalized spacial score (nSPS) is 16.0. The Bertz CT molecular complexity index is 504. The van der Waals surface area contributed by atoms with E-state index in [0.29, 0.717) is 12.3 Å². The molecule has 4 nitrogen and oxygen atoms in total. The highest BCUT2D eigenvalue weighted by atomic mass is 32.2. The van der Waals surface area contributed by atoms with E-state index in [1.54, 1.807) is 0 Å². The fraction of sp³-hybridized carbons (Fsp3) is 0.500. The van der Waals surface area contributed by atoms with Gasteiger partial charge in [0.15, 0.2) is 6.54 Å². The van der Waals surface area contributed by atoms with Gasteiger partial charge in [-0.05, 0) is 37.8 Å². The lowest BCUT2D eigenvalue weighted by Crippen LogP contribution is -3.12. The van der Waals surface area contributed by atoms with E-state index in [1.807, 2.05) is 24.3 Å². The number of quaternary nitrogens is 1. The molecule has 1 fully saturated rings. The third-order valence-corrected chi connectivity index (χ3v) is 4.62. The van der Waals surface area contributed by atoms with Crippen LogP contribution >= 0.6 is 11.8 Å². The Labute approximate surface area is 130 Å². The number of hydrogen-bond acceptors (Lipinski definition) is 3. The number of anilines is 1. The van der Waals surface area contributed by atoms with E-state index in [2.05, 4.69) is 11.4 Å². The number of thioether (sulfide) groups is 1. The zero-order valence-electron chi connectivity index (χ0n) is 12.2. The number of para-hydroxylation sites is 1. The number of benzene rings is 1. The maximum atomic E-state index is 12.2. The van der Waals surface area contributed by atoms with Crippen LogP contribution in [-0.4, -0.2) is 31.3 Å². The minimum absolute atomic E-state index is 0.0666. The van der Waals surface area contributed by atoms with Crippen LogP contribution in [0.3, 0.4) is 0 Å². The van der Waals surface area contributed by atoms with Gasteiger partial charge in [0.2, 0.25) is 0 Å². The van der Waals surface area contributed by atoms with Crippen molar-refractivity contribution in [2.24, 2.45) is 0 Å². The molecule has 0 atom stereocenters. The zero-order chi connectivity index (χ0) is 14.9. The molecule has 1 amide bonds. The Morgan fingerprint density at radius 2 is 1.95 bits per heavy atom. The lowest BCUT2D eigenvalue weighted by Gasteiger charge is -2.17. The molecule has 0 aromatic heterocycles. The van der Waals surface area contributed by atoms with Crippen molar-refractivity contribution in [3.8, 4) is 6.07 Å². The Morgan fingerprint density at radius 1 is 1.24 bits per heavy atom. The zero-order valence-corrected chi connectivity index (χ0v) is 13.0. The summed E-state index contributed by atoms with van der Waals surface area (Å²) in [4.78, 5) is 14.6. The van der Waals surface area contributed by atoms with E-state index in [9.17, 15) is 4.79 Å². The minimum atomic E-state index is 0.0666. The first-order chi connectivity index (χ1) is 10.3. The maximum absolute atomic E-state index is 12.2. The van der Waals surface area contributed by atoms with E-state index in [0.717, 1.165) is 23.7 Å². The molecule has 0 unspecified atom stereocenters. The minimum Gasteiger partial charge on any atom is -0.327 e. The van der Waals surface area contributed by atoms with Crippen molar-refractivity contribution < 1.29 is 9.69 Å². The van der Waals surface area contributed by atoms with Crippen molar-refractivity contribution in [3.63, 3.8) is 0 Å². The number of nitrogens with zero attached hydrogens (tertiary/aromatic N) is 1. The van der Waals surface area contributed by atoms with Crippen molar-refractivity contribution in [1.29, 1.82) is 5.26 Å². The van der Waals surface area contributed by atoms with Crippen molar-refractivity contribution in [2.75, 3.05) is 30.7 Å². The van der Waals surface area contributed by atoms with Gasteiger partial charge in [-0.25, -0.2) is 0 Å². The summed E-state index contributed by atoms with van der Waals surface area (Å²) in [5.74, 6) is 0.460. The number of hydrogen-bond donors (Lipinski definition) is 2. The largest absolute Gasteiger partial charge is 0.327 e. The molecule has 1 aliphatic heterocycles. The number of nitrogens with one attached hydrogen (secondary N) is 2. The van der Waals surface area contributed by atoms with Crippen LogP contribution in [0.15, 0.2) is 29.2 Å². The first kappa shape index (κ1) is 15.9. The molecule has 0 radical (unpaired) electrons. The third kappa shape index (κ3) is 5.41. The molecule has 112 valence electrons. The summed E-state index contributed by atoms with van der Waals surface area (Å²) in [5.41, 5.74) is 0.817. The summed E-state index contributed by atoms with van der Waals surface area (Å²) in [6.45, 7) is 2.73. The van der Waals surface area contributed by atoms with Gasteiger partial charge in [-0.2, -0.15) is 5.26 Å². The lowest BCUT2D eigenvalue weighted by molar-refractivity contribution is -0.890. The SMILES string of the molecule is N#CCSc1ccccc1NC(=O)C[NH+]1CCCCCC1. The molecular formula is C16H22N3OS+. The van der Waals surface area contributed by atoms with Gasteiger partial charge in [0, 0.05) is 4.90 Å². The quantitative estimate of drug-likeness (QED) is 0.814. The average Bonchev–Trinajstić information content (AvgIpc) is 2.75. The number of nitriles is 1. The molecule has 1 heterocycles. The number of amides is 1. The number of likely N-dealkylation sites (tertiary alicyclic amines) is 1. The van der Waals surface area contributed by atoms with Crippen LogP contribution in [0.2, 0.25) is 0 Å². The lowest BCUT2D eigenvalue weighted by atomic mass is 10.2. The van der Waals surface area contributed by atoms with E-state index in [-0.39, 0.29) is 5.91 Å². The van der Waals surface area contributed by atoms with Crippen LogP contribution in [-0.2, 0) is 4.79 Å². The molecule has 21 heavy (non-hydrogen) atoms. The first-order valence-corrected chi connectivity index (χ1v) is 8.50. The highest BCUT2D eigenvalue weighted by Gasteiger charge is 2.17. The van der Waals surface area contributed by atoms with Crippen molar-refractivity contribution in [1.82, 2.24) is 0 Å². The van der Waals surface area contributed by atoms with Crippen LogP contribution in [0.1, 0.15) is 25.7 Å². The topological polar surface area (TPSA) is 57.3 Å². The molecule has 2 rings (SSSR count). The van der Waals surface area contributed by atoms with Crippen LogP contribution < -0.4 is 10.2 Å². The van der Waals surface area contributed by atoms with E-state index >= 15 is 0 Å². The summed E-state index contributed by atoms with van der Waals surface area (Å²) < 4.78 is 0. The van der Waals surface area contributed by atoms with Crippen LogP contribution in [0, 0.1) is 11.3 Å². The molecular weight excluding hydrogens is 282 g/mol. The molecule has 1 aromatic carbocycles. The second-order valence-corrected chi connectivity index (χ2v) is 6.35. The molecule has 1 aromatic rings. The van der Waals surface area contributed by atoms with E-state index in [1.165, 1.54) is 42.3 Å².